The molecule has 0 N–H and O–H groups in total. The second kappa shape index (κ2) is 19.8. The van der Waals surface area contributed by atoms with Crippen LogP contribution in [0.15, 0.2) is 273 Å². The summed E-state index contributed by atoms with van der Waals surface area (Å²) in [6.45, 7) is 0. The maximum absolute atomic E-state index is 2.46. The number of aromatic nitrogens is 1. The predicted octanol–water partition coefficient (Wildman–Crippen LogP) is 19.9. The fourth-order valence-corrected chi connectivity index (χ4v) is 11.3. The minimum atomic E-state index is 1.03. The van der Waals surface area contributed by atoms with Crippen molar-refractivity contribution in [3.8, 4) is 50.2 Å². The molecule has 13 rings (SSSR count). The summed E-state index contributed by atoms with van der Waals surface area (Å²) in [6, 6.07) is 84.6. The highest BCUT2D eigenvalue weighted by Gasteiger charge is 2.25. The van der Waals surface area contributed by atoms with Crippen molar-refractivity contribution >= 4 is 61.7 Å². The van der Waals surface area contributed by atoms with Crippen molar-refractivity contribution in [2.75, 3.05) is 4.90 Å². The summed E-state index contributed by atoms with van der Waals surface area (Å²) in [5.74, 6) is 0. The maximum atomic E-state index is 2.46. The molecule has 2 heteroatoms. The minimum Gasteiger partial charge on any atom is -0.311 e. The average molecular weight is 947 g/mol. The fourth-order valence-electron chi connectivity index (χ4n) is 11.3. The van der Waals surface area contributed by atoms with E-state index in [-0.39, 0.29) is 0 Å². The third-order valence-corrected chi connectivity index (χ3v) is 14.8. The van der Waals surface area contributed by atoms with Crippen LogP contribution in [0.2, 0.25) is 0 Å². The largest absolute Gasteiger partial charge is 0.311 e. The molecule has 74 heavy (non-hydrogen) atoms. The van der Waals surface area contributed by atoms with E-state index in [1.54, 1.807) is 0 Å². The van der Waals surface area contributed by atoms with E-state index in [1.807, 2.05) is 0 Å². The molecule has 0 spiro atoms. The van der Waals surface area contributed by atoms with E-state index in [9.17, 15) is 0 Å². The summed E-state index contributed by atoms with van der Waals surface area (Å²) < 4.78 is 2.43. The number of fused-ring (bicyclic) bond motifs is 4. The van der Waals surface area contributed by atoms with E-state index < -0.39 is 0 Å². The summed E-state index contributed by atoms with van der Waals surface area (Å²) in [4.78, 5) is 2.39. The SMILES string of the molecule is C1=CC(c2c(-c3ccccc3)cc(-c3ccc4cc(/C=C/c5ccc6c7ccc(N(C8=CCCC=C8)c8ccccc8)cc7n(-c7ccccc7)c6c5)ccc4c3)c(-c3ccccc3)c2-c2ccccc2)=CCC1. The van der Waals surface area contributed by atoms with Crippen LogP contribution >= 0.6 is 0 Å². The molecule has 0 radical (unpaired) electrons. The molecule has 0 aliphatic heterocycles. The zero-order chi connectivity index (χ0) is 49.2. The number of benzene rings is 10. The Morgan fingerprint density at radius 3 is 1.59 bits per heavy atom. The van der Waals surface area contributed by atoms with E-state index in [0.717, 1.165) is 53.9 Å². The molecule has 2 aliphatic carbocycles. The van der Waals surface area contributed by atoms with E-state index in [1.165, 1.54) is 93.9 Å². The van der Waals surface area contributed by atoms with Gasteiger partial charge in [-0.3, -0.25) is 0 Å². The third kappa shape index (κ3) is 8.51. The lowest BCUT2D eigenvalue weighted by Crippen LogP contribution is -2.16. The number of nitrogens with zero attached hydrogens (tertiary/aromatic N) is 2. The van der Waals surface area contributed by atoms with Gasteiger partial charge in [0.1, 0.15) is 0 Å². The van der Waals surface area contributed by atoms with Crippen molar-refractivity contribution in [3.63, 3.8) is 0 Å². The maximum Gasteiger partial charge on any atom is 0.0561 e. The number of anilines is 2. The van der Waals surface area contributed by atoms with Gasteiger partial charge in [-0.25, -0.2) is 0 Å². The van der Waals surface area contributed by atoms with Crippen LogP contribution in [0.5, 0.6) is 0 Å². The number of hydrogen-bond donors (Lipinski definition) is 0. The molecule has 2 nitrogen and oxygen atoms in total. The van der Waals surface area contributed by atoms with Gasteiger partial charge in [0.15, 0.2) is 0 Å². The molecule has 0 saturated heterocycles. The second-order valence-corrected chi connectivity index (χ2v) is 19.4. The van der Waals surface area contributed by atoms with Crippen molar-refractivity contribution in [2.45, 2.75) is 25.7 Å². The zero-order valence-corrected chi connectivity index (χ0v) is 41.3. The van der Waals surface area contributed by atoms with Gasteiger partial charge in [-0.1, -0.05) is 212 Å². The van der Waals surface area contributed by atoms with Crippen molar-refractivity contribution in [3.05, 3.63) is 289 Å². The van der Waals surface area contributed by atoms with E-state index in [0.29, 0.717) is 0 Å². The Morgan fingerprint density at radius 2 is 0.919 bits per heavy atom. The minimum absolute atomic E-state index is 1.03. The molecule has 352 valence electrons. The first kappa shape index (κ1) is 44.7. The summed E-state index contributed by atoms with van der Waals surface area (Å²) >= 11 is 0. The van der Waals surface area contributed by atoms with Gasteiger partial charge in [-0.2, -0.15) is 0 Å². The average Bonchev–Trinajstić information content (AvgIpc) is 3.83. The van der Waals surface area contributed by atoms with Crippen molar-refractivity contribution < 1.29 is 0 Å². The lowest BCUT2D eigenvalue weighted by Gasteiger charge is -2.27. The third-order valence-electron chi connectivity index (χ3n) is 14.8. The lowest BCUT2D eigenvalue weighted by molar-refractivity contribution is 0.997. The Bertz CT molecular complexity index is 4020. The van der Waals surface area contributed by atoms with Crippen LogP contribution in [0.4, 0.5) is 11.4 Å². The van der Waals surface area contributed by atoms with Gasteiger partial charge in [0, 0.05) is 33.5 Å². The van der Waals surface area contributed by atoms with Crippen molar-refractivity contribution in [1.82, 2.24) is 4.57 Å². The monoisotopic (exact) mass is 946 g/mol. The molecule has 0 fully saturated rings. The Kier molecular flexibility index (Phi) is 11.9. The molecule has 10 aromatic carbocycles. The smallest absolute Gasteiger partial charge is 0.0561 e. The summed E-state index contributed by atoms with van der Waals surface area (Å²) in [6.07, 6.45) is 22.7. The molecule has 0 saturated carbocycles. The Morgan fingerprint density at radius 1 is 0.365 bits per heavy atom. The standard InChI is InChI=1S/C72H54N2/c1-8-22-53(23-9-1)66-50-67(71(55-26-12-3-13-27-55)72(56-28-14-4-15-29-56)70(66)54-24-10-2-11-25-54)59-42-41-57-46-51(38-40-58(57)48-59)36-37-52-39-44-64-65-45-43-63(49-69(65)74(68(64)47-52)62-34-20-7-21-35-62)73(60-30-16-5-17-31-60)61-32-18-6-19-33-61/h1,3-5,7-10,12-18,20-50H,2,6,11,19H2/b37-36+. The van der Waals surface area contributed by atoms with Gasteiger partial charge in [0.2, 0.25) is 0 Å². The van der Waals surface area contributed by atoms with Crippen LogP contribution in [0.3, 0.4) is 0 Å². The van der Waals surface area contributed by atoms with Gasteiger partial charge < -0.3 is 9.47 Å². The highest BCUT2D eigenvalue weighted by molar-refractivity contribution is 6.11. The Balaban J connectivity index is 0.901. The lowest BCUT2D eigenvalue weighted by atomic mass is 9.78. The Hall–Kier alpha value is -9.24. The molecule has 2 aliphatic rings. The number of allylic oxidation sites excluding steroid dienone is 7. The van der Waals surface area contributed by atoms with E-state index in [2.05, 4.69) is 289 Å². The first-order chi connectivity index (χ1) is 36.7. The first-order valence-electron chi connectivity index (χ1n) is 26.0. The van der Waals surface area contributed by atoms with Crippen LogP contribution in [-0.2, 0) is 0 Å². The highest BCUT2D eigenvalue weighted by Crippen LogP contribution is 2.50. The van der Waals surface area contributed by atoms with Gasteiger partial charge in [0.05, 0.1) is 11.0 Å². The molecule has 0 amide bonds. The quantitative estimate of drug-likeness (QED) is 0.117. The van der Waals surface area contributed by atoms with Crippen LogP contribution in [0.25, 0.3) is 100 Å². The molecule has 1 aromatic heterocycles. The van der Waals surface area contributed by atoms with Crippen LogP contribution in [0.1, 0.15) is 42.4 Å². The van der Waals surface area contributed by atoms with Crippen LogP contribution in [0, 0.1) is 0 Å². The fraction of sp³-hybridized carbons (Fsp3) is 0.0556. The van der Waals surface area contributed by atoms with Crippen LogP contribution in [-0.4, -0.2) is 4.57 Å². The Labute approximate surface area is 434 Å². The van der Waals surface area contributed by atoms with Crippen molar-refractivity contribution in [2.24, 2.45) is 0 Å². The summed E-state index contributed by atoms with van der Waals surface area (Å²) in [7, 11) is 0. The van der Waals surface area contributed by atoms with Gasteiger partial charge in [-0.05, 0) is 170 Å². The van der Waals surface area contributed by atoms with E-state index in [4.69, 9.17) is 0 Å². The van der Waals surface area contributed by atoms with Gasteiger partial charge >= 0.3 is 0 Å². The summed E-state index contributed by atoms with van der Waals surface area (Å²) in [5.41, 5.74) is 21.6. The summed E-state index contributed by atoms with van der Waals surface area (Å²) in [5, 5.41) is 4.88. The molecule has 0 atom stereocenters. The normalized spacial score (nSPS) is 13.5. The molecule has 0 unspecified atom stereocenters. The first-order valence-corrected chi connectivity index (χ1v) is 26.0. The molecule has 1 heterocycles. The van der Waals surface area contributed by atoms with Gasteiger partial charge in [0.25, 0.3) is 0 Å². The second-order valence-electron chi connectivity index (χ2n) is 19.4. The molecular formula is C72H54N2. The van der Waals surface area contributed by atoms with E-state index >= 15 is 0 Å². The zero-order valence-electron chi connectivity index (χ0n) is 41.3. The predicted molar refractivity (Wildman–Crippen MR) is 317 cm³/mol. The van der Waals surface area contributed by atoms with Gasteiger partial charge in [-0.15, -0.1) is 0 Å². The number of hydrogen-bond acceptors (Lipinski definition) is 1. The topological polar surface area (TPSA) is 8.17 Å². The molecular weight excluding hydrogens is 893 g/mol. The molecule has 11 aromatic rings. The highest BCUT2D eigenvalue weighted by atomic mass is 15.1. The van der Waals surface area contributed by atoms with Crippen LogP contribution < -0.4 is 4.90 Å². The number of rotatable bonds is 11. The number of para-hydroxylation sites is 2. The van der Waals surface area contributed by atoms with Crippen molar-refractivity contribution in [1.29, 1.82) is 0 Å². The molecule has 0 bridgehead atoms.